The smallest absolute Gasteiger partial charge is 0.306 e. The minimum atomic E-state index is -0.384. The van der Waals surface area contributed by atoms with E-state index in [4.69, 9.17) is 0 Å². The summed E-state index contributed by atoms with van der Waals surface area (Å²) < 4.78 is 5.39. The van der Waals surface area contributed by atoms with Crippen molar-refractivity contribution in [3.63, 3.8) is 0 Å². The number of carbonyl (C=O) groups excluding carboxylic acids is 2. The van der Waals surface area contributed by atoms with Gasteiger partial charge in [-0.2, -0.15) is 0 Å². The van der Waals surface area contributed by atoms with E-state index in [-0.39, 0.29) is 24.7 Å². The molecule has 5 heteroatoms. The number of rotatable bonds is 4. The number of esters is 1. The molecule has 0 spiro atoms. The van der Waals surface area contributed by atoms with Crippen LogP contribution < -0.4 is 5.32 Å². The summed E-state index contributed by atoms with van der Waals surface area (Å²) in [5.74, 6) is -0.587. The topological polar surface area (TPSA) is 55.4 Å². The van der Waals surface area contributed by atoms with Crippen LogP contribution in [0.2, 0.25) is 0 Å². The van der Waals surface area contributed by atoms with Crippen LogP contribution in [0.4, 0.5) is 5.69 Å². The molecule has 0 radical (unpaired) electrons. The molecule has 0 atom stereocenters. The Hall–Kier alpha value is -1.36. The zero-order chi connectivity index (χ0) is 12.8. The molecule has 0 aliphatic heterocycles. The van der Waals surface area contributed by atoms with E-state index in [0.29, 0.717) is 5.69 Å². The van der Waals surface area contributed by atoms with E-state index in [0.717, 1.165) is 10.0 Å². The highest BCUT2D eigenvalue weighted by atomic mass is 79.9. The molecule has 0 heterocycles. The Balaban J connectivity index is 2.50. The lowest BCUT2D eigenvalue weighted by molar-refractivity contribution is -0.141. The SMILES string of the molecule is COC(=O)CCC(=O)Nc1ccc(C)c(Br)c1. The molecule has 0 saturated carbocycles. The molecule has 1 rings (SSSR count). The fourth-order valence-electron chi connectivity index (χ4n) is 1.21. The Morgan fingerprint density at radius 1 is 1.35 bits per heavy atom. The van der Waals surface area contributed by atoms with Gasteiger partial charge in [0.25, 0.3) is 0 Å². The van der Waals surface area contributed by atoms with Crippen molar-refractivity contribution in [2.45, 2.75) is 19.8 Å². The zero-order valence-electron chi connectivity index (χ0n) is 9.75. The van der Waals surface area contributed by atoms with E-state index < -0.39 is 0 Å². The number of hydrogen-bond donors (Lipinski definition) is 1. The molecule has 0 aromatic heterocycles. The van der Waals surface area contributed by atoms with Crippen LogP contribution in [0.25, 0.3) is 0 Å². The van der Waals surface area contributed by atoms with Gasteiger partial charge in [-0.15, -0.1) is 0 Å². The molecule has 0 aliphatic rings. The van der Waals surface area contributed by atoms with Crippen molar-refractivity contribution in [2.75, 3.05) is 12.4 Å². The van der Waals surface area contributed by atoms with Crippen LogP contribution in [0.5, 0.6) is 0 Å². The third kappa shape index (κ3) is 4.56. The zero-order valence-corrected chi connectivity index (χ0v) is 11.3. The van der Waals surface area contributed by atoms with Gasteiger partial charge in [-0.3, -0.25) is 9.59 Å². The highest BCUT2D eigenvalue weighted by molar-refractivity contribution is 9.10. The Labute approximate surface area is 108 Å². The number of hydrogen-bond acceptors (Lipinski definition) is 3. The van der Waals surface area contributed by atoms with Crippen LogP contribution in [-0.4, -0.2) is 19.0 Å². The molecular formula is C12H14BrNO3. The van der Waals surface area contributed by atoms with Crippen molar-refractivity contribution < 1.29 is 14.3 Å². The van der Waals surface area contributed by atoms with Gasteiger partial charge in [-0.1, -0.05) is 22.0 Å². The molecule has 0 fully saturated rings. The molecule has 1 amide bonds. The summed E-state index contributed by atoms with van der Waals surface area (Å²) in [5, 5.41) is 2.71. The van der Waals surface area contributed by atoms with Crippen LogP contribution in [0, 0.1) is 6.92 Å². The number of halogens is 1. The number of aryl methyl sites for hydroxylation is 1. The molecule has 1 aromatic carbocycles. The van der Waals surface area contributed by atoms with Gasteiger partial charge in [0.05, 0.1) is 13.5 Å². The molecule has 1 N–H and O–H groups in total. The van der Waals surface area contributed by atoms with Gasteiger partial charge >= 0.3 is 5.97 Å². The maximum absolute atomic E-state index is 11.5. The van der Waals surface area contributed by atoms with Crippen molar-refractivity contribution in [1.29, 1.82) is 0 Å². The highest BCUT2D eigenvalue weighted by Gasteiger charge is 2.07. The van der Waals surface area contributed by atoms with Crippen LogP contribution in [0.15, 0.2) is 22.7 Å². The standard InChI is InChI=1S/C12H14BrNO3/c1-8-3-4-9(7-10(8)13)14-11(15)5-6-12(16)17-2/h3-4,7H,5-6H2,1-2H3,(H,14,15). The molecule has 0 bridgehead atoms. The van der Waals surface area contributed by atoms with Crippen LogP contribution in [0.3, 0.4) is 0 Å². The number of ether oxygens (including phenoxy) is 1. The molecule has 92 valence electrons. The molecule has 1 aromatic rings. The van der Waals surface area contributed by atoms with Crippen LogP contribution >= 0.6 is 15.9 Å². The number of methoxy groups -OCH3 is 1. The molecule has 0 saturated heterocycles. The van der Waals surface area contributed by atoms with E-state index in [1.165, 1.54) is 7.11 Å². The Morgan fingerprint density at radius 2 is 2.06 bits per heavy atom. The van der Waals surface area contributed by atoms with E-state index in [1.807, 2.05) is 25.1 Å². The lowest BCUT2D eigenvalue weighted by Gasteiger charge is -2.06. The lowest BCUT2D eigenvalue weighted by Crippen LogP contribution is -2.13. The summed E-state index contributed by atoms with van der Waals surface area (Å²) in [5.41, 5.74) is 1.80. The minimum Gasteiger partial charge on any atom is -0.469 e. The van der Waals surface area contributed by atoms with Gasteiger partial charge < -0.3 is 10.1 Å². The van der Waals surface area contributed by atoms with Gasteiger partial charge in [-0.25, -0.2) is 0 Å². The summed E-state index contributed by atoms with van der Waals surface area (Å²) in [7, 11) is 1.30. The second-order valence-corrected chi connectivity index (χ2v) is 4.44. The quantitative estimate of drug-likeness (QED) is 0.870. The highest BCUT2D eigenvalue weighted by Crippen LogP contribution is 2.20. The van der Waals surface area contributed by atoms with Gasteiger partial charge in [0, 0.05) is 16.6 Å². The average Bonchev–Trinajstić information content (AvgIpc) is 2.31. The summed E-state index contributed by atoms with van der Waals surface area (Å²) >= 11 is 3.38. The summed E-state index contributed by atoms with van der Waals surface area (Å²) in [6.45, 7) is 1.97. The summed E-state index contributed by atoms with van der Waals surface area (Å²) in [4.78, 5) is 22.4. The molecule has 0 unspecified atom stereocenters. The van der Waals surface area contributed by atoms with E-state index in [9.17, 15) is 9.59 Å². The fourth-order valence-corrected chi connectivity index (χ4v) is 1.59. The second-order valence-electron chi connectivity index (χ2n) is 3.59. The van der Waals surface area contributed by atoms with Crippen molar-refractivity contribution in [1.82, 2.24) is 0 Å². The Morgan fingerprint density at radius 3 is 2.65 bits per heavy atom. The normalized spacial score (nSPS) is 9.82. The number of nitrogens with one attached hydrogen (secondary N) is 1. The fraction of sp³-hybridized carbons (Fsp3) is 0.333. The van der Waals surface area contributed by atoms with Crippen molar-refractivity contribution in [2.24, 2.45) is 0 Å². The first-order valence-electron chi connectivity index (χ1n) is 5.15. The van der Waals surface area contributed by atoms with Crippen molar-refractivity contribution >= 4 is 33.5 Å². The first-order chi connectivity index (χ1) is 8.02. The van der Waals surface area contributed by atoms with Gasteiger partial charge in [0.1, 0.15) is 0 Å². The van der Waals surface area contributed by atoms with E-state index in [2.05, 4.69) is 26.0 Å². The van der Waals surface area contributed by atoms with E-state index >= 15 is 0 Å². The third-order valence-corrected chi connectivity index (χ3v) is 3.09. The number of carbonyl (C=O) groups is 2. The van der Waals surface area contributed by atoms with Gasteiger partial charge in [0.15, 0.2) is 0 Å². The Bertz CT molecular complexity index is 432. The van der Waals surface area contributed by atoms with Crippen molar-refractivity contribution in [3.05, 3.63) is 28.2 Å². The Kier molecular flexibility index (Phi) is 5.15. The van der Waals surface area contributed by atoms with Crippen LogP contribution in [0.1, 0.15) is 18.4 Å². The van der Waals surface area contributed by atoms with Gasteiger partial charge in [-0.05, 0) is 24.6 Å². The maximum atomic E-state index is 11.5. The number of anilines is 1. The third-order valence-electron chi connectivity index (χ3n) is 2.24. The number of amides is 1. The molecule has 17 heavy (non-hydrogen) atoms. The van der Waals surface area contributed by atoms with E-state index in [1.54, 1.807) is 0 Å². The maximum Gasteiger partial charge on any atom is 0.306 e. The molecule has 4 nitrogen and oxygen atoms in total. The predicted octanol–water partition coefficient (Wildman–Crippen LogP) is 2.65. The number of benzene rings is 1. The summed E-state index contributed by atoms with van der Waals surface area (Å²) in [6, 6.07) is 5.54. The largest absolute Gasteiger partial charge is 0.469 e. The van der Waals surface area contributed by atoms with Gasteiger partial charge in [0.2, 0.25) is 5.91 Å². The first-order valence-corrected chi connectivity index (χ1v) is 5.95. The molecular weight excluding hydrogens is 286 g/mol. The minimum absolute atomic E-state index is 0.0926. The summed E-state index contributed by atoms with van der Waals surface area (Å²) in [6.07, 6.45) is 0.216. The first kappa shape index (κ1) is 13.7. The predicted molar refractivity (Wildman–Crippen MR) is 68.8 cm³/mol. The lowest BCUT2D eigenvalue weighted by atomic mass is 10.2. The van der Waals surface area contributed by atoms with Crippen molar-refractivity contribution in [3.8, 4) is 0 Å². The molecule has 0 aliphatic carbocycles. The van der Waals surface area contributed by atoms with Crippen LogP contribution in [-0.2, 0) is 14.3 Å². The second kappa shape index (κ2) is 6.39. The average molecular weight is 300 g/mol. The monoisotopic (exact) mass is 299 g/mol.